The summed E-state index contributed by atoms with van der Waals surface area (Å²) in [5.74, 6) is 0.353. The molecule has 0 aromatic heterocycles. The Morgan fingerprint density at radius 3 is 2.65 bits per heavy atom. The molecule has 1 fully saturated rings. The van der Waals surface area contributed by atoms with Crippen LogP contribution >= 0.6 is 11.6 Å². The van der Waals surface area contributed by atoms with Crippen molar-refractivity contribution in [1.82, 2.24) is 0 Å². The lowest BCUT2D eigenvalue weighted by molar-refractivity contribution is -0.386. The van der Waals surface area contributed by atoms with Gasteiger partial charge in [-0.05, 0) is 6.07 Å². The molecule has 0 radical (unpaired) electrons. The SMILES string of the molecule is COc1cc(C2OCCO2)c([N+](=O)[O-])cc1Cl. The maximum absolute atomic E-state index is 10.9. The molecule has 0 atom stereocenters. The molecule has 1 aromatic carbocycles. The fourth-order valence-corrected chi connectivity index (χ4v) is 1.83. The van der Waals surface area contributed by atoms with Crippen LogP contribution in [0.4, 0.5) is 5.69 Å². The first kappa shape index (κ1) is 12.1. The first-order chi connectivity index (χ1) is 8.13. The van der Waals surface area contributed by atoms with Crippen LogP contribution in [0.15, 0.2) is 12.1 Å². The second-order valence-electron chi connectivity index (χ2n) is 3.38. The van der Waals surface area contributed by atoms with Crippen LogP contribution in [0.3, 0.4) is 0 Å². The number of hydrogen-bond donors (Lipinski definition) is 0. The van der Waals surface area contributed by atoms with E-state index in [2.05, 4.69) is 0 Å². The number of benzene rings is 1. The second kappa shape index (κ2) is 4.87. The maximum atomic E-state index is 10.9. The predicted molar refractivity (Wildman–Crippen MR) is 59.3 cm³/mol. The van der Waals surface area contributed by atoms with Crippen LogP contribution < -0.4 is 4.74 Å². The molecule has 1 aliphatic rings. The molecule has 92 valence electrons. The third-order valence-electron chi connectivity index (χ3n) is 2.37. The number of methoxy groups -OCH3 is 1. The molecule has 0 bridgehead atoms. The normalized spacial score (nSPS) is 16.1. The lowest BCUT2D eigenvalue weighted by atomic mass is 10.1. The number of nitro benzene ring substituents is 1. The first-order valence-electron chi connectivity index (χ1n) is 4.88. The zero-order valence-corrected chi connectivity index (χ0v) is 9.77. The van der Waals surface area contributed by atoms with Crippen LogP contribution in [0.1, 0.15) is 11.9 Å². The summed E-state index contributed by atoms with van der Waals surface area (Å²) >= 11 is 5.84. The molecule has 1 saturated heterocycles. The highest BCUT2D eigenvalue weighted by Gasteiger charge is 2.28. The molecule has 6 nitrogen and oxygen atoms in total. The van der Waals surface area contributed by atoms with Crippen molar-refractivity contribution in [2.75, 3.05) is 20.3 Å². The quantitative estimate of drug-likeness (QED) is 0.615. The molecule has 7 heteroatoms. The highest BCUT2D eigenvalue weighted by atomic mass is 35.5. The summed E-state index contributed by atoms with van der Waals surface area (Å²) < 4.78 is 15.5. The summed E-state index contributed by atoms with van der Waals surface area (Å²) in [5, 5.41) is 11.1. The van der Waals surface area contributed by atoms with E-state index in [1.165, 1.54) is 19.2 Å². The predicted octanol–water partition coefficient (Wildman–Crippen LogP) is 2.30. The molecule has 1 aromatic rings. The second-order valence-corrected chi connectivity index (χ2v) is 3.78. The molecule has 0 unspecified atom stereocenters. The van der Waals surface area contributed by atoms with Gasteiger partial charge in [0, 0.05) is 6.07 Å². The van der Waals surface area contributed by atoms with Crippen LogP contribution in [0, 0.1) is 10.1 Å². The smallest absolute Gasteiger partial charge is 0.279 e. The van der Waals surface area contributed by atoms with E-state index < -0.39 is 11.2 Å². The zero-order valence-electron chi connectivity index (χ0n) is 9.01. The first-order valence-corrected chi connectivity index (χ1v) is 5.26. The van der Waals surface area contributed by atoms with Gasteiger partial charge in [-0.1, -0.05) is 11.6 Å². The minimum absolute atomic E-state index is 0.136. The Balaban J connectivity index is 2.49. The summed E-state index contributed by atoms with van der Waals surface area (Å²) in [4.78, 5) is 10.4. The van der Waals surface area contributed by atoms with Crippen LogP contribution in [0.5, 0.6) is 5.75 Å². The number of ether oxygens (including phenoxy) is 3. The molecule has 0 amide bonds. The Labute approximate surface area is 102 Å². The lowest BCUT2D eigenvalue weighted by Gasteiger charge is -2.12. The number of hydrogen-bond acceptors (Lipinski definition) is 5. The van der Waals surface area contributed by atoms with Gasteiger partial charge in [-0.2, -0.15) is 0 Å². The van der Waals surface area contributed by atoms with Crippen LogP contribution in [-0.2, 0) is 9.47 Å². The fourth-order valence-electron chi connectivity index (χ4n) is 1.60. The van der Waals surface area contributed by atoms with Gasteiger partial charge in [-0.25, -0.2) is 0 Å². The van der Waals surface area contributed by atoms with Gasteiger partial charge in [0.15, 0.2) is 6.29 Å². The van der Waals surface area contributed by atoms with Gasteiger partial charge < -0.3 is 14.2 Å². The Bertz CT molecular complexity index is 445. The van der Waals surface area contributed by atoms with E-state index in [4.69, 9.17) is 25.8 Å². The van der Waals surface area contributed by atoms with Gasteiger partial charge in [0.05, 0.1) is 35.8 Å². The van der Waals surface area contributed by atoms with E-state index in [1.54, 1.807) is 0 Å². The number of rotatable bonds is 3. The van der Waals surface area contributed by atoms with Gasteiger partial charge >= 0.3 is 0 Å². The minimum atomic E-state index is -0.735. The van der Waals surface area contributed by atoms with Crippen LogP contribution in [0.2, 0.25) is 5.02 Å². The molecule has 2 rings (SSSR count). The van der Waals surface area contributed by atoms with E-state index in [1.807, 2.05) is 0 Å². The Kier molecular flexibility index (Phi) is 3.46. The largest absolute Gasteiger partial charge is 0.495 e. The van der Waals surface area contributed by atoms with Crippen molar-refractivity contribution in [1.29, 1.82) is 0 Å². The highest BCUT2D eigenvalue weighted by molar-refractivity contribution is 6.32. The standard InChI is InChI=1S/C10H10ClNO5/c1-15-9-4-6(10-16-2-3-17-10)8(12(13)14)5-7(9)11/h4-5,10H,2-3H2,1H3. The summed E-state index contributed by atoms with van der Waals surface area (Å²) in [6.07, 6.45) is -0.735. The van der Waals surface area contributed by atoms with Crippen molar-refractivity contribution in [3.63, 3.8) is 0 Å². The van der Waals surface area contributed by atoms with Gasteiger partial charge in [-0.15, -0.1) is 0 Å². The minimum Gasteiger partial charge on any atom is -0.495 e. The zero-order chi connectivity index (χ0) is 12.4. The maximum Gasteiger partial charge on any atom is 0.279 e. The average Bonchev–Trinajstić information content (AvgIpc) is 2.82. The summed E-state index contributed by atoms with van der Waals surface area (Å²) in [7, 11) is 1.44. The fraction of sp³-hybridized carbons (Fsp3) is 0.400. The van der Waals surface area contributed by atoms with Gasteiger partial charge in [0.25, 0.3) is 5.69 Å². The van der Waals surface area contributed by atoms with Gasteiger partial charge in [-0.3, -0.25) is 10.1 Å². The van der Waals surface area contributed by atoms with E-state index in [0.717, 1.165) is 0 Å². The average molecular weight is 260 g/mol. The van der Waals surface area contributed by atoms with Crippen molar-refractivity contribution in [3.05, 3.63) is 32.8 Å². The monoisotopic (exact) mass is 259 g/mol. The molecular formula is C10H10ClNO5. The van der Waals surface area contributed by atoms with Crippen molar-refractivity contribution in [3.8, 4) is 5.75 Å². The Morgan fingerprint density at radius 2 is 2.12 bits per heavy atom. The third-order valence-corrected chi connectivity index (χ3v) is 2.67. The van der Waals surface area contributed by atoms with Crippen LogP contribution in [-0.4, -0.2) is 25.2 Å². The van der Waals surface area contributed by atoms with Crippen molar-refractivity contribution < 1.29 is 19.1 Å². The van der Waals surface area contributed by atoms with Crippen molar-refractivity contribution >= 4 is 17.3 Å². The van der Waals surface area contributed by atoms with Crippen LogP contribution in [0.25, 0.3) is 0 Å². The molecule has 0 aliphatic carbocycles. The topological polar surface area (TPSA) is 70.8 Å². The summed E-state index contributed by atoms with van der Waals surface area (Å²) in [6.45, 7) is 0.819. The highest BCUT2D eigenvalue weighted by Crippen LogP contribution is 2.38. The number of halogens is 1. The third kappa shape index (κ3) is 2.33. The lowest BCUT2D eigenvalue weighted by Crippen LogP contribution is -2.04. The van der Waals surface area contributed by atoms with Gasteiger partial charge in [0.1, 0.15) is 5.75 Å². The molecule has 0 N–H and O–H groups in total. The number of nitro groups is 1. The van der Waals surface area contributed by atoms with E-state index >= 15 is 0 Å². The van der Waals surface area contributed by atoms with Gasteiger partial charge in [0.2, 0.25) is 0 Å². The van der Waals surface area contributed by atoms with E-state index in [0.29, 0.717) is 24.5 Å². The molecule has 0 saturated carbocycles. The molecule has 1 heterocycles. The molecular weight excluding hydrogens is 250 g/mol. The molecule has 1 aliphatic heterocycles. The van der Waals surface area contributed by atoms with E-state index in [-0.39, 0.29) is 10.7 Å². The Hall–Kier alpha value is -1.37. The molecule has 0 spiro atoms. The summed E-state index contributed by atoms with van der Waals surface area (Å²) in [6, 6.07) is 2.71. The number of nitrogens with zero attached hydrogens (tertiary/aromatic N) is 1. The summed E-state index contributed by atoms with van der Waals surface area (Å²) in [5.41, 5.74) is 0.177. The van der Waals surface area contributed by atoms with Crippen molar-refractivity contribution in [2.45, 2.75) is 6.29 Å². The van der Waals surface area contributed by atoms with E-state index in [9.17, 15) is 10.1 Å². The van der Waals surface area contributed by atoms with Crippen molar-refractivity contribution in [2.24, 2.45) is 0 Å². The molecule has 17 heavy (non-hydrogen) atoms. The Morgan fingerprint density at radius 1 is 1.47 bits per heavy atom.